The van der Waals surface area contributed by atoms with Crippen molar-refractivity contribution in [3.05, 3.63) is 0 Å². The largest absolute Gasteiger partial charge is 0.359 e. The van der Waals surface area contributed by atoms with E-state index >= 15 is 0 Å². The predicted octanol–water partition coefficient (Wildman–Crippen LogP) is 1.15. The monoisotopic (exact) mass is 255 g/mol. The van der Waals surface area contributed by atoms with E-state index < -0.39 is 0 Å². The van der Waals surface area contributed by atoms with Gasteiger partial charge in [0.15, 0.2) is 0 Å². The van der Waals surface area contributed by atoms with Gasteiger partial charge in [0.2, 0.25) is 5.91 Å². The third-order valence-corrected chi connectivity index (χ3v) is 3.47. The molecule has 5 nitrogen and oxygen atoms in total. The lowest BCUT2D eigenvalue weighted by molar-refractivity contribution is -0.125. The molecule has 18 heavy (non-hydrogen) atoms. The Morgan fingerprint density at radius 1 is 1.39 bits per heavy atom. The number of amides is 3. The number of urea groups is 1. The molecule has 0 spiro atoms. The van der Waals surface area contributed by atoms with E-state index in [1.807, 2.05) is 4.90 Å². The SMILES string of the molecule is CNC(=O)C1CCN(C(=O)N(C)C)C1CC(C)C. The first kappa shape index (κ1) is 14.8. The molecule has 2 unspecified atom stereocenters. The molecule has 0 aromatic heterocycles. The molecule has 1 saturated heterocycles. The van der Waals surface area contributed by atoms with Crippen molar-refractivity contribution >= 4 is 11.9 Å². The van der Waals surface area contributed by atoms with E-state index in [1.54, 1.807) is 26.0 Å². The summed E-state index contributed by atoms with van der Waals surface area (Å²) in [6, 6.07) is 0.0342. The van der Waals surface area contributed by atoms with Crippen LogP contribution in [0.1, 0.15) is 26.7 Å². The van der Waals surface area contributed by atoms with Crippen LogP contribution in [0, 0.1) is 11.8 Å². The van der Waals surface area contributed by atoms with Crippen molar-refractivity contribution in [3.63, 3.8) is 0 Å². The summed E-state index contributed by atoms with van der Waals surface area (Å²) in [6.45, 7) is 4.92. The molecule has 3 amide bonds. The van der Waals surface area contributed by atoms with Gasteiger partial charge in [-0.3, -0.25) is 4.79 Å². The zero-order chi connectivity index (χ0) is 13.9. The number of likely N-dealkylation sites (tertiary alicyclic amines) is 1. The van der Waals surface area contributed by atoms with Crippen LogP contribution in [0.25, 0.3) is 0 Å². The molecule has 0 radical (unpaired) electrons. The summed E-state index contributed by atoms with van der Waals surface area (Å²) >= 11 is 0. The Kier molecular flexibility index (Phi) is 4.99. The van der Waals surface area contributed by atoms with E-state index in [2.05, 4.69) is 19.2 Å². The maximum absolute atomic E-state index is 12.1. The summed E-state index contributed by atoms with van der Waals surface area (Å²) in [6.07, 6.45) is 1.63. The summed E-state index contributed by atoms with van der Waals surface area (Å²) in [5, 5.41) is 2.71. The third-order valence-electron chi connectivity index (χ3n) is 3.47. The number of carbonyl (C=O) groups is 2. The zero-order valence-corrected chi connectivity index (χ0v) is 12.1. The first-order valence-electron chi connectivity index (χ1n) is 6.58. The molecule has 0 aromatic carbocycles. The quantitative estimate of drug-likeness (QED) is 0.822. The number of hydrogen-bond donors (Lipinski definition) is 1. The predicted molar refractivity (Wildman–Crippen MR) is 71.2 cm³/mol. The van der Waals surface area contributed by atoms with Crippen molar-refractivity contribution in [2.75, 3.05) is 27.7 Å². The Morgan fingerprint density at radius 3 is 2.44 bits per heavy atom. The van der Waals surface area contributed by atoms with Crippen LogP contribution >= 0.6 is 0 Å². The van der Waals surface area contributed by atoms with Crippen molar-refractivity contribution in [1.29, 1.82) is 0 Å². The van der Waals surface area contributed by atoms with E-state index in [0.717, 1.165) is 12.8 Å². The highest BCUT2D eigenvalue weighted by Crippen LogP contribution is 2.30. The van der Waals surface area contributed by atoms with Crippen LogP contribution in [-0.4, -0.2) is 55.5 Å². The second kappa shape index (κ2) is 6.07. The lowest BCUT2D eigenvalue weighted by atomic mass is 9.92. The highest BCUT2D eigenvalue weighted by Gasteiger charge is 2.41. The summed E-state index contributed by atoms with van der Waals surface area (Å²) in [7, 11) is 5.16. The normalized spacial score (nSPS) is 23.3. The van der Waals surface area contributed by atoms with Crippen LogP contribution in [0.5, 0.6) is 0 Å². The first-order valence-corrected chi connectivity index (χ1v) is 6.58. The maximum Gasteiger partial charge on any atom is 0.319 e. The van der Waals surface area contributed by atoms with Gasteiger partial charge in [-0.15, -0.1) is 0 Å². The molecule has 0 aliphatic carbocycles. The van der Waals surface area contributed by atoms with E-state index in [9.17, 15) is 9.59 Å². The Hall–Kier alpha value is -1.26. The van der Waals surface area contributed by atoms with E-state index in [0.29, 0.717) is 12.5 Å². The van der Waals surface area contributed by atoms with Crippen molar-refractivity contribution in [2.45, 2.75) is 32.7 Å². The fraction of sp³-hybridized carbons (Fsp3) is 0.846. The van der Waals surface area contributed by atoms with Gasteiger partial charge in [0.1, 0.15) is 0 Å². The number of nitrogens with zero attached hydrogens (tertiary/aromatic N) is 2. The molecule has 1 fully saturated rings. The standard InChI is InChI=1S/C13H25N3O2/c1-9(2)8-11-10(12(17)14-3)6-7-16(11)13(18)15(4)5/h9-11H,6-8H2,1-5H3,(H,14,17). The highest BCUT2D eigenvalue weighted by atomic mass is 16.2. The van der Waals surface area contributed by atoms with Crippen molar-refractivity contribution < 1.29 is 9.59 Å². The molecule has 0 aromatic rings. The Bertz CT molecular complexity index is 315. The minimum atomic E-state index is -0.0682. The fourth-order valence-electron chi connectivity index (χ4n) is 2.61. The molecule has 2 atom stereocenters. The number of carbonyl (C=O) groups excluding carboxylic acids is 2. The molecule has 1 aliphatic rings. The van der Waals surface area contributed by atoms with Gasteiger partial charge in [0.25, 0.3) is 0 Å². The van der Waals surface area contributed by atoms with Crippen molar-refractivity contribution in [3.8, 4) is 0 Å². The maximum atomic E-state index is 12.1. The zero-order valence-electron chi connectivity index (χ0n) is 12.1. The lowest BCUT2D eigenvalue weighted by Crippen LogP contribution is -2.46. The van der Waals surface area contributed by atoms with Crippen LogP contribution in [0.4, 0.5) is 4.79 Å². The number of rotatable bonds is 3. The van der Waals surface area contributed by atoms with Gasteiger partial charge in [-0.1, -0.05) is 13.8 Å². The molecular weight excluding hydrogens is 230 g/mol. The van der Waals surface area contributed by atoms with E-state index in [4.69, 9.17) is 0 Å². The van der Waals surface area contributed by atoms with Crippen molar-refractivity contribution in [1.82, 2.24) is 15.1 Å². The molecule has 1 heterocycles. The van der Waals surface area contributed by atoms with Gasteiger partial charge in [0, 0.05) is 33.7 Å². The molecule has 1 N–H and O–H groups in total. The Labute approximate surface area is 110 Å². The summed E-state index contributed by atoms with van der Waals surface area (Å²) in [4.78, 5) is 27.4. The minimum Gasteiger partial charge on any atom is -0.359 e. The van der Waals surface area contributed by atoms with E-state index in [-0.39, 0.29) is 23.9 Å². The molecule has 5 heteroatoms. The van der Waals surface area contributed by atoms with E-state index in [1.165, 1.54) is 0 Å². The van der Waals surface area contributed by atoms with Crippen LogP contribution < -0.4 is 5.32 Å². The summed E-state index contributed by atoms with van der Waals surface area (Å²) in [5.41, 5.74) is 0. The van der Waals surface area contributed by atoms with Crippen LogP contribution in [0.2, 0.25) is 0 Å². The van der Waals surface area contributed by atoms with Crippen LogP contribution in [-0.2, 0) is 4.79 Å². The molecular formula is C13H25N3O2. The van der Waals surface area contributed by atoms with Gasteiger partial charge in [-0.05, 0) is 18.8 Å². The average Bonchev–Trinajstić information content (AvgIpc) is 2.69. The topological polar surface area (TPSA) is 52.7 Å². The second-order valence-corrected chi connectivity index (χ2v) is 5.58. The van der Waals surface area contributed by atoms with Gasteiger partial charge < -0.3 is 15.1 Å². The molecule has 0 bridgehead atoms. The van der Waals surface area contributed by atoms with Crippen LogP contribution in [0.15, 0.2) is 0 Å². The molecule has 1 aliphatic heterocycles. The van der Waals surface area contributed by atoms with Gasteiger partial charge >= 0.3 is 6.03 Å². The average molecular weight is 255 g/mol. The highest BCUT2D eigenvalue weighted by molar-refractivity contribution is 5.82. The molecule has 0 saturated carbocycles. The Morgan fingerprint density at radius 2 is 2.00 bits per heavy atom. The molecule has 1 rings (SSSR count). The number of nitrogens with one attached hydrogen (secondary N) is 1. The number of hydrogen-bond acceptors (Lipinski definition) is 2. The Balaban J connectivity index is 2.86. The van der Waals surface area contributed by atoms with Gasteiger partial charge in [-0.25, -0.2) is 4.79 Å². The molecule has 104 valence electrons. The van der Waals surface area contributed by atoms with Gasteiger partial charge in [-0.2, -0.15) is 0 Å². The first-order chi connectivity index (χ1) is 8.38. The minimum absolute atomic E-state index is 0.00653. The van der Waals surface area contributed by atoms with Crippen molar-refractivity contribution in [2.24, 2.45) is 11.8 Å². The van der Waals surface area contributed by atoms with Crippen LogP contribution in [0.3, 0.4) is 0 Å². The second-order valence-electron chi connectivity index (χ2n) is 5.58. The fourth-order valence-corrected chi connectivity index (χ4v) is 2.61. The smallest absolute Gasteiger partial charge is 0.319 e. The summed E-state index contributed by atoms with van der Waals surface area (Å²) in [5.74, 6) is 0.453. The summed E-state index contributed by atoms with van der Waals surface area (Å²) < 4.78 is 0. The van der Waals surface area contributed by atoms with Gasteiger partial charge in [0.05, 0.1) is 5.92 Å². The third kappa shape index (κ3) is 3.15. The lowest BCUT2D eigenvalue weighted by Gasteiger charge is -2.31.